The molecule has 0 saturated heterocycles. The summed E-state index contributed by atoms with van der Waals surface area (Å²) in [5.41, 5.74) is 1.24. The van der Waals surface area contributed by atoms with Crippen molar-refractivity contribution in [2.24, 2.45) is 0 Å². The predicted molar refractivity (Wildman–Crippen MR) is 114 cm³/mol. The van der Waals surface area contributed by atoms with Crippen LogP contribution < -0.4 is 5.32 Å². The largest absolute Gasteiger partial charge is 0.449 e. The molecule has 0 bridgehead atoms. The molecule has 29 heavy (non-hydrogen) atoms. The second kappa shape index (κ2) is 8.34. The third-order valence-electron chi connectivity index (χ3n) is 4.10. The molecule has 1 amide bonds. The van der Waals surface area contributed by atoms with E-state index in [9.17, 15) is 14.4 Å². The maximum absolute atomic E-state index is 13.4. The normalized spacial score (nSPS) is 10.8. The van der Waals surface area contributed by atoms with E-state index in [0.717, 1.165) is 4.57 Å². The van der Waals surface area contributed by atoms with E-state index in [-0.39, 0.29) is 23.7 Å². The van der Waals surface area contributed by atoms with Gasteiger partial charge in [-0.25, -0.2) is 14.3 Å². The highest BCUT2D eigenvalue weighted by Gasteiger charge is 2.29. The molecule has 0 saturated carbocycles. The summed E-state index contributed by atoms with van der Waals surface area (Å²) in [6, 6.07) is 8.16. The Labute approximate surface area is 180 Å². The standard InChI is InChI=1S/C20H17BrClN3O4/c1-4-29-20(28)25-16-9-14(22)13(21)8-12(16)17(24-11(3)26)18(25)19(27)15-7-5-6-10(2)23-15/h5-9H,4H2,1-3H3,(H,24,26). The summed E-state index contributed by atoms with van der Waals surface area (Å²) >= 11 is 9.57. The smallest absolute Gasteiger partial charge is 0.419 e. The molecule has 0 fully saturated rings. The Bertz CT molecular complexity index is 1160. The Morgan fingerprint density at radius 3 is 2.62 bits per heavy atom. The Kier molecular flexibility index (Phi) is 6.04. The average Bonchev–Trinajstić information content (AvgIpc) is 2.94. The van der Waals surface area contributed by atoms with Crippen LogP contribution >= 0.6 is 27.5 Å². The van der Waals surface area contributed by atoms with Crippen molar-refractivity contribution in [2.45, 2.75) is 20.8 Å². The van der Waals surface area contributed by atoms with Gasteiger partial charge in [0, 0.05) is 22.5 Å². The van der Waals surface area contributed by atoms with E-state index in [0.29, 0.717) is 26.1 Å². The first-order valence-corrected chi connectivity index (χ1v) is 9.88. The molecule has 9 heteroatoms. The van der Waals surface area contributed by atoms with Gasteiger partial charge in [-0.05, 0) is 54.0 Å². The minimum absolute atomic E-state index is 0.0547. The van der Waals surface area contributed by atoms with Gasteiger partial charge in [0.2, 0.25) is 11.7 Å². The number of halogens is 2. The molecule has 3 rings (SSSR count). The Hall–Kier alpha value is -2.71. The van der Waals surface area contributed by atoms with E-state index in [1.54, 1.807) is 38.1 Å². The summed E-state index contributed by atoms with van der Waals surface area (Å²) < 4.78 is 6.83. The molecule has 1 aromatic carbocycles. The van der Waals surface area contributed by atoms with Crippen LogP contribution in [-0.4, -0.2) is 33.9 Å². The molecule has 150 valence electrons. The molecule has 0 aliphatic carbocycles. The lowest BCUT2D eigenvalue weighted by Crippen LogP contribution is -2.21. The molecule has 0 aliphatic heterocycles. The van der Waals surface area contributed by atoms with Gasteiger partial charge in [-0.15, -0.1) is 0 Å². The van der Waals surface area contributed by atoms with Gasteiger partial charge >= 0.3 is 6.09 Å². The van der Waals surface area contributed by atoms with Crippen LogP contribution in [0, 0.1) is 6.92 Å². The number of aryl methyl sites for hydroxylation is 1. The highest BCUT2D eigenvalue weighted by Crippen LogP contribution is 2.37. The Balaban J connectivity index is 2.41. The highest BCUT2D eigenvalue weighted by molar-refractivity contribution is 9.10. The van der Waals surface area contributed by atoms with Crippen molar-refractivity contribution in [1.29, 1.82) is 0 Å². The summed E-state index contributed by atoms with van der Waals surface area (Å²) in [5.74, 6) is -0.931. The van der Waals surface area contributed by atoms with Crippen LogP contribution in [0.4, 0.5) is 10.5 Å². The molecule has 0 radical (unpaired) electrons. The fraction of sp³-hybridized carbons (Fsp3) is 0.200. The van der Waals surface area contributed by atoms with Gasteiger partial charge in [0.1, 0.15) is 11.4 Å². The van der Waals surface area contributed by atoms with Crippen LogP contribution in [0.1, 0.15) is 35.7 Å². The van der Waals surface area contributed by atoms with Gasteiger partial charge in [0.15, 0.2) is 0 Å². The third kappa shape index (κ3) is 4.04. The lowest BCUT2D eigenvalue weighted by Gasteiger charge is -2.10. The van der Waals surface area contributed by atoms with E-state index in [4.69, 9.17) is 16.3 Å². The first kappa shape index (κ1) is 21.0. The number of pyridine rings is 1. The number of hydrogen-bond donors (Lipinski definition) is 1. The molecular formula is C20H17BrClN3O4. The van der Waals surface area contributed by atoms with Gasteiger partial charge < -0.3 is 10.1 Å². The summed E-state index contributed by atoms with van der Waals surface area (Å²) in [5, 5.41) is 3.46. The number of carbonyl (C=O) groups excluding carboxylic acids is 3. The van der Waals surface area contributed by atoms with Crippen LogP contribution in [0.3, 0.4) is 0 Å². The van der Waals surface area contributed by atoms with Crippen LogP contribution in [0.25, 0.3) is 10.9 Å². The number of hydrogen-bond acceptors (Lipinski definition) is 5. The van der Waals surface area contributed by atoms with Crippen LogP contribution in [0.5, 0.6) is 0 Å². The van der Waals surface area contributed by atoms with E-state index < -0.39 is 17.8 Å². The predicted octanol–water partition coefficient (Wildman–Crippen LogP) is 4.95. The van der Waals surface area contributed by atoms with E-state index in [1.807, 2.05) is 0 Å². The second-order valence-electron chi connectivity index (χ2n) is 6.22. The van der Waals surface area contributed by atoms with Crippen molar-refractivity contribution in [3.63, 3.8) is 0 Å². The van der Waals surface area contributed by atoms with Gasteiger partial charge in [-0.1, -0.05) is 17.7 Å². The lowest BCUT2D eigenvalue weighted by molar-refractivity contribution is -0.114. The van der Waals surface area contributed by atoms with Gasteiger partial charge in [0.25, 0.3) is 0 Å². The number of rotatable bonds is 4. The van der Waals surface area contributed by atoms with Crippen molar-refractivity contribution in [1.82, 2.24) is 9.55 Å². The molecule has 7 nitrogen and oxygen atoms in total. The molecule has 1 N–H and O–H groups in total. The zero-order valence-electron chi connectivity index (χ0n) is 15.9. The SMILES string of the molecule is CCOC(=O)n1c(C(=O)c2cccc(C)n2)c(NC(C)=O)c2cc(Br)c(Cl)cc21. The molecule has 3 aromatic rings. The average molecular weight is 479 g/mol. The van der Waals surface area contributed by atoms with Crippen LogP contribution in [-0.2, 0) is 9.53 Å². The fourth-order valence-corrected chi connectivity index (χ4v) is 3.47. The van der Waals surface area contributed by atoms with E-state index in [1.165, 1.54) is 13.0 Å². The van der Waals surface area contributed by atoms with Crippen molar-refractivity contribution >= 4 is 61.9 Å². The van der Waals surface area contributed by atoms with Crippen molar-refractivity contribution in [2.75, 3.05) is 11.9 Å². The lowest BCUT2D eigenvalue weighted by atomic mass is 10.1. The summed E-state index contributed by atoms with van der Waals surface area (Å²) in [7, 11) is 0. The molecule has 0 aliphatic rings. The number of carbonyl (C=O) groups is 3. The summed E-state index contributed by atoms with van der Waals surface area (Å²) in [4.78, 5) is 42.3. The number of ether oxygens (including phenoxy) is 1. The molecule has 2 aromatic heterocycles. The van der Waals surface area contributed by atoms with Crippen molar-refractivity contribution < 1.29 is 19.1 Å². The number of ketones is 1. The second-order valence-corrected chi connectivity index (χ2v) is 7.48. The summed E-state index contributed by atoms with van der Waals surface area (Å²) in [6.45, 7) is 4.83. The van der Waals surface area contributed by atoms with Crippen molar-refractivity contribution in [3.8, 4) is 0 Å². The number of nitrogens with zero attached hydrogens (tertiary/aromatic N) is 2. The third-order valence-corrected chi connectivity index (χ3v) is 5.29. The Morgan fingerprint density at radius 2 is 2.00 bits per heavy atom. The zero-order valence-corrected chi connectivity index (χ0v) is 18.2. The molecule has 0 unspecified atom stereocenters. The van der Waals surface area contributed by atoms with Gasteiger partial charge in [-0.3, -0.25) is 9.59 Å². The molecule has 0 atom stereocenters. The number of nitrogens with one attached hydrogen (secondary N) is 1. The minimum Gasteiger partial charge on any atom is -0.449 e. The zero-order chi connectivity index (χ0) is 21.3. The number of fused-ring (bicyclic) bond motifs is 1. The molecule has 2 heterocycles. The van der Waals surface area contributed by atoms with Gasteiger partial charge in [-0.2, -0.15) is 0 Å². The topological polar surface area (TPSA) is 90.3 Å². The number of aromatic nitrogens is 2. The first-order chi connectivity index (χ1) is 13.7. The van der Waals surface area contributed by atoms with Crippen LogP contribution in [0.15, 0.2) is 34.8 Å². The quantitative estimate of drug-likeness (QED) is 0.536. The molecular weight excluding hydrogens is 462 g/mol. The first-order valence-electron chi connectivity index (χ1n) is 8.71. The highest BCUT2D eigenvalue weighted by atomic mass is 79.9. The van der Waals surface area contributed by atoms with Crippen molar-refractivity contribution in [3.05, 3.63) is 56.9 Å². The number of amides is 1. The molecule has 0 spiro atoms. The van der Waals surface area contributed by atoms with Crippen LogP contribution in [0.2, 0.25) is 5.02 Å². The minimum atomic E-state index is -0.761. The summed E-state index contributed by atoms with van der Waals surface area (Å²) in [6.07, 6.45) is -0.761. The maximum Gasteiger partial charge on any atom is 0.419 e. The number of benzene rings is 1. The van der Waals surface area contributed by atoms with E-state index in [2.05, 4.69) is 26.2 Å². The maximum atomic E-state index is 13.4. The van der Waals surface area contributed by atoms with E-state index >= 15 is 0 Å². The van der Waals surface area contributed by atoms with Gasteiger partial charge in [0.05, 0.1) is 22.8 Å². The Morgan fingerprint density at radius 1 is 1.28 bits per heavy atom. The fourth-order valence-electron chi connectivity index (χ4n) is 2.97. The number of anilines is 1. The monoisotopic (exact) mass is 477 g/mol.